The van der Waals surface area contributed by atoms with Crippen molar-refractivity contribution in [1.29, 1.82) is 0 Å². The summed E-state index contributed by atoms with van der Waals surface area (Å²) in [6, 6.07) is 11.0. The van der Waals surface area contributed by atoms with Crippen molar-refractivity contribution in [2.75, 3.05) is 18.1 Å². The van der Waals surface area contributed by atoms with E-state index < -0.39 is 20.0 Å². The van der Waals surface area contributed by atoms with Crippen LogP contribution in [0, 0.1) is 0 Å². The summed E-state index contributed by atoms with van der Waals surface area (Å²) in [7, 11) is -5.87. The lowest BCUT2D eigenvalue weighted by molar-refractivity contribution is 0.414. The van der Waals surface area contributed by atoms with Gasteiger partial charge >= 0.3 is 0 Å². The molecule has 10 heteroatoms. The molecule has 0 heterocycles. The van der Waals surface area contributed by atoms with Crippen molar-refractivity contribution < 1.29 is 21.6 Å². The number of nitrogens with two attached hydrogens (primary N) is 1. The van der Waals surface area contributed by atoms with Gasteiger partial charge in [0.1, 0.15) is 5.75 Å². The molecule has 7 nitrogen and oxygen atoms in total. The van der Waals surface area contributed by atoms with Crippen molar-refractivity contribution in [2.45, 2.75) is 14.7 Å². The van der Waals surface area contributed by atoms with Crippen molar-refractivity contribution in [3.63, 3.8) is 0 Å². The Bertz CT molecular complexity index is 939. The van der Waals surface area contributed by atoms with Crippen LogP contribution in [0.15, 0.2) is 57.2 Å². The lowest BCUT2D eigenvalue weighted by Crippen LogP contribution is -2.14. The van der Waals surface area contributed by atoms with E-state index in [0.29, 0.717) is 10.6 Å². The lowest BCUT2D eigenvalue weighted by atomic mass is 10.3. The van der Waals surface area contributed by atoms with Gasteiger partial charge in [0, 0.05) is 9.79 Å². The second-order valence-corrected chi connectivity index (χ2v) is 9.28. The Balaban J connectivity index is 2.46. The fourth-order valence-corrected chi connectivity index (χ4v) is 4.02. The summed E-state index contributed by atoms with van der Waals surface area (Å²) in [5, 5.41) is 5.14. The Hall–Kier alpha value is -1.75. The summed E-state index contributed by atoms with van der Waals surface area (Å²) >= 11 is 1.20. The van der Waals surface area contributed by atoms with Crippen LogP contribution in [0.25, 0.3) is 0 Å². The van der Waals surface area contributed by atoms with Gasteiger partial charge in [-0.3, -0.25) is 4.72 Å². The van der Waals surface area contributed by atoms with Gasteiger partial charge < -0.3 is 4.74 Å². The zero-order valence-corrected chi connectivity index (χ0v) is 15.3. The molecule has 0 aliphatic rings. The minimum Gasteiger partial charge on any atom is -0.497 e. The normalized spacial score (nSPS) is 12.0. The fourth-order valence-electron chi connectivity index (χ4n) is 1.82. The van der Waals surface area contributed by atoms with Gasteiger partial charge in [-0.1, -0.05) is 11.8 Å². The first-order valence-electron chi connectivity index (χ1n) is 6.55. The Morgan fingerprint density at radius 3 is 2.17 bits per heavy atom. The number of nitrogens with one attached hydrogen (secondary N) is 1. The topological polar surface area (TPSA) is 116 Å². The number of anilines is 1. The maximum atomic E-state index is 11.5. The number of methoxy groups -OCH3 is 1. The molecule has 0 aliphatic heterocycles. The molecule has 0 bridgehead atoms. The van der Waals surface area contributed by atoms with Crippen LogP contribution in [0.5, 0.6) is 5.75 Å². The van der Waals surface area contributed by atoms with Crippen LogP contribution >= 0.6 is 11.8 Å². The van der Waals surface area contributed by atoms with Crippen LogP contribution < -0.4 is 14.6 Å². The zero-order valence-electron chi connectivity index (χ0n) is 12.9. The van der Waals surface area contributed by atoms with E-state index in [2.05, 4.69) is 4.72 Å². The zero-order chi connectivity index (χ0) is 18.0. The number of primary sulfonamides is 1. The maximum absolute atomic E-state index is 11.5. The number of benzene rings is 2. The first-order chi connectivity index (χ1) is 11.1. The third kappa shape index (κ3) is 5.13. The average molecular weight is 388 g/mol. The number of sulfonamides is 2. The predicted molar refractivity (Wildman–Crippen MR) is 93.4 cm³/mol. The highest BCUT2D eigenvalue weighted by Crippen LogP contribution is 2.36. The molecule has 0 spiro atoms. The lowest BCUT2D eigenvalue weighted by Gasteiger charge is -2.12. The van der Waals surface area contributed by atoms with Gasteiger partial charge in [-0.15, -0.1) is 0 Å². The Kier molecular flexibility index (Phi) is 5.43. The third-order valence-electron chi connectivity index (χ3n) is 2.86. The average Bonchev–Trinajstić information content (AvgIpc) is 2.47. The number of ether oxygens (including phenoxy) is 1. The SMILES string of the molecule is COc1ccc(Sc2cc(S(N)(=O)=O)ccc2NS(C)(=O)=O)cc1. The Morgan fingerprint density at radius 1 is 1.04 bits per heavy atom. The second-order valence-electron chi connectivity index (χ2n) is 4.85. The van der Waals surface area contributed by atoms with Crippen molar-refractivity contribution in [2.24, 2.45) is 5.14 Å². The number of hydrogen-bond donors (Lipinski definition) is 2. The highest BCUT2D eigenvalue weighted by molar-refractivity contribution is 7.99. The molecule has 2 aromatic rings. The highest BCUT2D eigenvalue weighted by atomic mass is 32.2. The van der Waals surface area contributed by atoms with Gasteiger partial charge in [0.25, 0.3) is 0 Å². The second kappa shape index (κ2) is 7.01. The Labute approximate surface area is 145 Å². The van der Waals surface area contributed by atoms with E-state index in [4.69, 9.17) is 9.88 Å². The molecule has 0 atom stereocenters. The van der Waals surface area contributed by atoms with Crippen molar-refractivity contribution in [1.82, 2.24) is 0 Å². The largest absolute Gasteiger partial charge is 0.497 e. The first kappa shape index (κ1) is 18.6. The van der Waals surface area contributed by atoms with Gasteiger partial charge in [0.2, 0.25) is 20.0 Å². The smallest absolute Gasteiger partial charge is 0.238 e. The van der Waals surface area contributed by atoms with Crippen LogP contribution in [-0.2, 0) is 20.0 Å². The number of rotatable bonds is 6. The predicted octanol–water partition coefficient (Wildman–Crippen LogP) is 1.87. The molecule has 0 radical (unpaired) electrons. The van der Waals surface area contributed by atoms with E-state index in [1.807, 2.05) is 0 Å². The van der Waals surface area contributed by atoms with Crippen LogP contribution in [0.2, 0.25) is 0 Å². The van der Waals surface area contributed by atoms with Crippen molar-refractivity contribution >= 4 is 37.5 Å². The molecule has 0 fully saturated rings. The van der Waals surface area contributed by atoms with Gasteiger partial charge in [0.15, 0.2) is 0 Å². The monoisotopic (exact) mass is 388 g/mol. The molecule has 0 unspecified atom stereocenters. The molecule has 0 aliphatic carbocycles. The van der Waals surface area contributed by atoms with Crippen LogP contribution in [0.3, 0.4) is 0 Å². The summed E-state index contributed by atoms with van der Waals surface area (Å²) in [5.41, 5.74) is 0.269. The standard InChI is InChI=1S/C14H16N2O5S3/c1-21-10-3-5-11(6-4-10)22-14-9-12(24(15,19)20)7-8-13(14)16-23(2,17)18/h3-9,16H,1-2H3,(H2,15,19,20). The van der Waals surface area contributed by atoms with Crippen LogP contribution in [0.4, 0.5) is 5.69 Å². The molecular formula is C14H16N2O5S3. The van der Waals surface area contributed by atoms with Crippen LogP contribution in [-0.4, -0.2) is 30.2 Å². The summed E-state index contributed by atoms with van der Waals surface area (Å²) < 4.78 is 53.5. The fraction of sp³-hybridized carbons (Fsp3) is 0.143. The summed E-state index contributed by atoms with van der Waals surface area (Å²) in [4.78, 5) is 1.09. The molecule has 2 rings (SSSR count). The summed E-state index contributed by atoms with van der Waals surface area (Å²) in [5.74, 6) is 0.673. The molecule has 0 saturated carbocycles. The van der Waals surface area contributed by atoms with E-state index in [9.17, 15) is 16.8 Å². The van der Waals surface area contributed by atoms with Gasteiger partial charge in [-0.05, 0) is 42.5 Å². The van der Waals surface area contributed by atoms with E-state index in [-0.39, 0.29) is 10.6 Å². The molecule has 130 valence electrons. The maximum Gasteiger partial charge on any atom is 0.238 e. The molecule has 24 heavy (non-hydrogen) atoms. The third-order valence-corrected chi connectivity index (χ3v) is 5.43. The first-order valence-corrected chi connectivity index (χ1v) is 10.8. The van der Waals surface area contributed by atoms with E-state index in [1.165, 1.54) is 30.0 Å². The molecule has 0 amide bonds. The van der Waals surface area contributed by atoms with Crippen molar-refractivity contribution in [3.05, 3.63) is 42.5 Å². The van der Waals surface area contributed by atoms with Gasteiger partial charge in [-0.2, -0.15) is 0 Å². The number of hydrogen-bond acceptors (Lipinski definition) is 6. The molecule has 0 saturated heterocycles. The van der Waals surface area contributed by atoms with E-state index >= 15 is 0 Å². The van der Waals surface area contributed by atoms with Gasteiger partial charge in [0.05, 0.1) is 23.9 Å². The minimum atomic E-state index is -3.90. The van der Waals surface area contributed by atoms with Crippen LogP contribution in [0.1, 0.15) is 0 Å². The molecular weight excluding hydrogens is 372 g/mol. The van der Waals surface area contributed by atoms with E-state index in [1.54, 1.807) is 31.4 Å². The highest BCUT2D eigenvalue weighted by Gasteiger charge is 2.15. The summed E-state index contributed by atoms with van der Waals surface area (Å²) in [6.07, 6.45) is 1.02. The Morgan fingerprint density at radius 2 is 1.67 bits per heavy atom. The molecule has 3 N–H and O–H groups in total. The van der Waals surface area contributed by atoms with Crippen molar-refractivity contribution in [3.8, 4) is 5.75 Å². The van der Waals surface area contributed by atoms with E-state index in [0.717, 1.165) is 11.2 Å². The quantitative estimate of drug-likeness (QED) is 0.780. The minimum absolute atomic E-state index is 0.0995. The van der Waals surface area contributed by atoms with Gasteiger partial charge in [-0.25, -0.2) is 22.0 Å². The molecule has 2 aromatic carbocycles. The molecule has 0 aromatic heterocycles. The summed E-state index contributed by atoms with van der Waals surface area (Å²) in [6.45, 7) is 0.